The van der Waals surface area contributed by atoms with Crippen LogP contribution in [-0.4, -0.2) is 33.9 Å². The number of allylic oxidation sites excluding steroid dienone is 7. The van der Waals surface area contributed by atoms with Crippen LogP contribution in [0.15, 0.2) is 53.6 Å². The second-order valence-corrected chi connectivity index (χ2v) is 14.2. The quantitative estimate of drug-likeness (QED) is 0.326. The Morgan fingerprint density at radius 1 is 1.10 bits per heavy atom. The summed E-state index contributed by atoms with van der Waals surface area (Å²) in [5.74, 6) is -0.480. The number of carboxylic acids is 1. The summed E-state index contributed by atoms with van der Waals surface area (Å²) in [5.41, 5.74) is 12.7. The minimum absolute atomic E-state index is 0.123. The van der Waals surface area contributed by atoms with Gasteiger partial charge in [-0.25, -0.2) is 0 Å². The monoisotopic (exact) mass is 533 g/mol. The second kappa shape index (κ2) is 10.4. The third-order valence-electron chi connectivity index (χ3n) is 8.68. The molecular formula is C34H47NO4. The number of hydrogen-bond donors (Lipinski definition) is 3. The summed E-state index contributed by atoms with van der Waals surface area (Å²) in [5, 5.41) is 19.7. The van der Waals surface area contributed by atoms with Gasteiger partial charge in [0.15, 0.2) is 0 Å². The maximum atomic E-state index is 11.4. The van der Waals surface area contributed by atoms with Gasteiger partial charge in [-0.3, -0.25) is 4.79 Å². The molecule has 5 nitrogen and oxygen atoms in total. The van der Waals surface area contributed by atoms with Gasteiger partial charge in [0.05, 0.1) is 11.5 Å². The van der Waals surface area contributed by atoms with Crippen LogP contribution in [-0.2, 0) is 4.79 Å². The third-order valence-corrected chi connectivity index (χ3v) is 8.68. The summed E-state index contributed by atoms with van der Waals surface area (Å²) in [6, 6.07) is 6.25. The van der Waals surface area contributed by atoms with Gasteiger partial charge in [0.25, 0.3) is 0 Å². The van der Waals surface area contributed by atoms with E-state index in [2.05, 4.69) is 39.8 Å². The molecule has 3 aliphatic rings. The van der Waals surface area contributed by atoms with Crippen LogP contribution in [0.2, 0.25) is 0 Å². The summed E-state index contributed by atoms with van der Waals surface area (Å²) in [6.07, 6.45) is 13.4. The van der Waals surface area contributed by atoms with Crippen LogP contribution in [0.1, 0.15) is 98.1 Å². The Morgan fingerprint density at radius 3 is 2.41 bits per heavy atom. The van der Waals surface area contributed by atoms with Crippen molar-refractivity contribution in [2.75, 3.05) is 6.61 Å². The molecule has 0 heterocycles. The largest absolute Gasteiger partial charge is 0.491 e. The number of ether oxygens (including phenoxy) is 1. The maximum absolute atomic E-state index is 11.4. The van der Waals surface area contributed by atoms with Gasteiger partial charge in [-0.15, -0.1) is 0 Å². The Morgan fingerprint density at radius 2 is 1.79 bits per heavy atom. The predicted molar refractivity (Wildman–Crippen MR) is 159 cm³/mol. The molecule has 0 saturated heterocycles. The molecule has 0 spiro atoms. The van der Waals surface area contributed by atoms with Gasteiger partial charge < -0.3 is 20.7 Å². The number of carbonyl (C=O) groups is 1. The Balaban J connectivity index is 1.74. The SMILES string of the molecule is CC(C)(O)CC(C)(N)COc1ccc(C2=CCC(C(=O)O)C=C2)cc1C1=CC2=C(CC1)C(C)(C)CCC2(C)C. The molecule has 3 aliphatic carbocycles. The van der Waals surface area contributed by atoms with Gasteiger partial charge in [0, 0.05) is 11.1 Å². The lowest BCUT2D eigenvalue weighted by atomic mass is 9.60. The molecule has 0 aromatic heterocycles. The zero-order valence-electron chi connectivity index (χ0n) is 24.9. The molecule has 2 unspecified atom stereocenters. The number of hydrogen-bond acceptors (Lipinski definition) is 4. The van der Waals surface area contributed by atoms with E-state index in [4.69, 9.17) is 10.5 Å². The van der Waals surface area contributed by atoms with Gasteiger partial charge >= 0.3 is 5.97 Å². The van der Waals surface area contributed by atoms with Crippen molar-refractivity contribution in [3.8, 4) is 5.75 Å². The summed E-state index contributed by atoms with van der Waals surface area (Å²) in [7, 11) is 0. The molecular weight excluding hydrogens is 486 g/mol. The summed E-state index contributed by atoms with van der Waals surface area (Å²) < 4.78 is 6.41. The van der Waals surface area contributed by atoms with Crippen molar-refractivity contribution in [1.29, 1.82) is 0 Å². The van der Waals surface area contributed by atoms with E-state index in [1.165, 1.54) is 17.6 Å². The van der Waals surface area contributed by atoms with Crippen LogP contribution >= 0.6 is 0 Å². The standard InChI is InChI=1S/C34H47NO4/c1-31(2)16-17-32(3,4)28-19-25(12-14-27(28)31)26-18-24(22-8-10-23(11-9-22)30(36)37)13-15-29(26)39-21-34(7,35)20-33(5,6)38/h8-10,13,15,18-19,23,38H,11-12,14,16-17,20-21,35H2,1-7H3,(H,36,37). The Bertz CT molecular complexity index is 1250. The van der Waals surface area contributed by atoms with E-state index in [0.717, 1.165) is 41.7 Å². The average molecular weight is 534 g/mol. The first-order chi connectivity index (χ1) is 18.0. The highest BCUT2D eigenvalue weighted by atomic mass is 16.5. The number of nitrogens with two attached hydrogens (primary N) is 1. The van der Waals surface area contributed by atoms with Gasteiger partial charge in [0.1, 0.15) is 12.4 Å². The highest BCUT2D eigenvalue weighted by Gasteiger charge is 2.40. The first kappa shape index (κ1) is 29.4. The molecule has 1 aromatic carbocycles. The Hall–Kier alpha value is -2.63. The average Bonchev–Trinajstić information content (AvgIpc) is 2.84. The van der Waals surface area contributed by atoms with Gasteiger partial charge in [-0.2, -0.15) is 0 Å². The fourth-order valence-electron chi connectivity index (χ4n) is 6.54. The Labute approximate surface area is 234 Å². The fourth-order valence-corrected chi connectivity index (χ4v) is 6.54. The van der Waals surface area contributed by atoms with Crippen LogP contribution < -0.4 is 10.5 Å². The molecule has 0 radical (unpaired) electrons. The highest BCUT2D eigenvalue weighted by Crippen LogP contribution is 2.54. The molecule has 1 aromatic rings. The number of aliphatic hydroxyl groups is 1. The van der Waals surface area contributed by atoms with Crippen molar-refractivity contribution >= 4 is 17.1 Å². The van der Waals surface area contributed by atoms with E-state index in [0.29, 0.717) is 12.8 Å². The molecule has 0 aliphatic heterocycles. The third kappa shape index (κ3) is 6.75. The van der Waals surface area contributed by atoms with Gasteiger partial charge in [-0.1, -0.05) is 63.6 Å². The first-order valence-electron chi connectivity index (χ1n) is 14.3. The van der Waals surface area contributed by atoms with E-state index < -0.39 is 23.0 Å². The zero-order chi connectivity index (χ0) is 28.8. The minimum atomic E-state index is -0.888. The van der Waals surface area contributed by atoms with Crippen molar-refractivity contribution in [3.63, 3.8) is 0 Å². The van der Waals surface area contributed by atoms with Crippen LogP contribution in [0.4, 0.5) is 0 Å². The van der Waals surface area contributed by atoms with Crippen molar-refractivity contribution in [3.05, 3.63) is 64.8 Å². The summed E-state index contributed by atoms with van der Waals surface area (Å²) in [6.45, 7) is 15.2. The highest BCUT2D eigenvalue weighted by molar-refractivity contribution is 5.83. The maximum Gasteiger partial charge on any atom is 0.310 e. The van der Waals surface area contributed by atoms with E-state index in [-0.39, 0.29) is 17.4 Å². The van der Waals surface area contributed by atoms with Crippen molar-refractivity contribution in [2.45, 2.75) is 98.1 Å². The van der Waals surface area contributed by atoms with E-state index in [1.54, 1.807) is 25.5 Å². The van der Waals surface area contributed by atoms with Crippen LogP contribution in [0.3, 0.4) is 0 Å². The molecule has 0 saturated carbocycles. The molecule has 5 heteroatoms. The minimum Gasteiger partial charge on any atom is -0.491 e. The molecule has 39 heavy (non-hydrogen) atoms. The zero-order valence-corrected chi connectivity index (χ0v) is 24.9. The topological polar surface area (TPSA) is 92.8 Å². The lowest BCUT2D eigenvalue weighted by Crippen LogP contribution is -2.47. The summed E-state index contributed by atoms with van der Waals surface area (Å²) in [4.78, 5) is 11.4. The lowest BCUT2D eigenvalue weighted by molar-refractivity contribution is -0.139. The molecule has 4 N–H and O–H groups in total. The fraction of sp³-hybridized carbons (Fsp3) is 0.559. The van der Waals surface area contributed by atoms with E-state index >= 15 is 0 Å². The predicted octanol–water partition coefficient (Wildman–Crippen LogP) is 7.31. The second-order valence-electron chi connectivity index (χ2n) is 14.2. The van der Waals surface area contributed by atoms with Crippen molar-refractivity contribution < 1.29 is 19.7 Å². The molecule has 0 amide bonds. The van der Waals surface area contributed by atoms with Crippen LogP contribution in [0.5, 0.6) is 5.75 Å². The van der Waals surface area contributed by atoms with E-state index in [9.17, 15) is 15.0 Å². The lowest BCUT2D eigenvalue weighted by Gasteiger charge is -2.45. The number of aliphatic carboxylic acids is 1. The summed E-state index contributed by atoms with van der Waals surface area (Å²) >= 11 is 0. The van der Waals surface area contributed by atoms with E-state index in [1.807, 2.05) is 31.2 Å². The smallest absolute Gasteiger partial charge is 0.310 e. The molecule has 2 atom stereocenters. The number of benzene rings is 1. The Kier molecular flexibility index (Phi) is 7.83. The van der Waals surface area contributed by atoms with Crippen molar-refractivity contribution in [2.24, 2.45) is 22.5 Å². The van der Waals surface area contributed by atoms with Gasteiger partial charge in [-0.05, 0) is 105 Å². The normalized spacial score (nSPS) is 23.9. The molecule has 0 bridgehead atoms. The molecule has 0 fully saturated rings. The number of carboxylic acid groups (broad SMARTS) is 1. The molecule has 4 rings (SSSR count). The van der Waals surface area contributed by atoms with Crippen LogP contribution in [0, 0.1) is 16.7 Å². The van der Waals surface area contributed by atoms with Crippen LogP contribution in [0.25, 0.3) is 11.1 Å². The van der Waals surface area contributed by atoms with Gasteiger partial charge in [0.2, 0.25) is 0 Å². The van der Waals surface area contributed by atoms with Crippen molar-refractivity contribution in [1.82, 2.24) is 0 Å². The molecule has 212 valence electrons. The first-order valence-corrected chi connectivity index (χ1v) is 14.3. The number of rotatable bonds is 8.